The van der Waals surface area contributed by atoms with Crippen LogP contribution in [-0.4, -0.2) is 25.7 Å². The van der Waals surface area contributed by atoms with Gasteiger partial charge in [-0.15, -0.1) is 0 Å². The first kappa shape index (κ1) is 15.2. The minimum absolute atomic E-state index is 0.0723. The summed E-state index contributed by atoms with van der Waals surface area (Å²) in [7, 11) is 0. The van der Waals surface area contributed by atoms with E-state index in [1.54, 1.807) is 12.1 Å². The van der Waals surface area contributed by atoms with Gasteiger partial charge in [-0.25, -0.2) is 4.39 Å². The first-order valence-electron chi connectivity index (χ1n) is 6.56. The van der Waals surface area contributed by atoms with E-state index < -0.39 is 5.91 Å². The molecule has 1 aromatic carbocycles. The molecule has 1 aromatic heterocycles. The van der Waals surface area contributed by atoms with Gasteiger partial charge in [-0.05, 0) is 36.4 Å². The lowest BCUT2D eigenvalue weighted by molar-refractivity contribution is -0.122. The molecule has 2 rings (SSSR count). The molecular formula is C15H17FN2O3. The van der Waals surface area contributed by atoms with Gasteiger partial charge in [0.1, 0.15) is 23.9 Å². The molecule has 0 spiro atoms. The summed E-state index contributed by atoms with van der Waals surface area (Å²) >= 11 is 0. The van der Waals surface area contributed by atoms with Crippen LogP contribution >= 0.6 is 0 Å². The number of amides is 1. The summed E-state index contributed by atoms with van der Waals surface area (Å²) in [6.45, 7) is 1.45. The lowest BCUT2D eigenvalue weighted by atomic mass is 10.2. The smallest absolute Gasteiger partial charge is 0.243 e. The van der Waals surface area contributed by atoms with E-state index in [2.05, 4.69) is 5.32 Å². The van der Waals surface area contributed by atoms with E-state index in [-0.39, 0.29) is 12.4 Å². The zero-order valence-corrected chi connectivity index (χ0v) is 11.5. The first-order valence-corrected chi connectivity index (χ1v) is 6.56. The summed E-state index contributed by atoms with van der Waals surface area (Å²) in [5.74, 6) is 0.703. The van der Waals surface area contributed by atoms with Crippen LogP contribution in [0.4, 0.5) is 4.39 Å². The molecule has 0 aliphatic rings. The number of ether oxygens (including phenoxy) is 1. The van der Waals surface area contributed by atoms with E-state index in [1.807, 2.05) is 12.1 Å². The lowest BCUT2D eigenvalue weighted by Crippen LogP contribution is -2.23. The summed E-state index contributed by atoms with van der Waals surface area (Å²) in [4.78, 5) is 10.5. The van der Waals surface area contributed by atoms with Crippen molar-refractivity contribution in [1.29, 1.82) is 0 Å². The first-order chi connectivity index (χ1) is 10.1. The number of hydrogen-bond acceptors (Lipinski definition) is 4. The molecule has 5 nitrogen and oxygen atoms in total. The predicted molar refractivity (Wildman–Crippen MR) is 75.8 cm³/mol. The van der Waals surface area contributed by atoms with Crippen molar-refractivity contribution in [3.63, 3.8) is 0 Å². The number of carbonyl (C=O) groups excluding carboxylic acids is 1. The standard InChI is InChI=1S/C15H17FN2O3/c16-12-3-1-11(2-4-12)14-6-5-13(21-14)9-18-7-8-20-10-15(17)19/h1-6,18H,7-10H2,(H2,17,19). The maximum Gasteiger partial charge on any atom is 0.243 e. The van der Waals surface area contributed by atoms with Crippen molar-refractivity contribution in [2.75, 3.05) is 19.8 Å². The number of rotatable bonds is 8. The fourth-order valence-electron chi connectivity index (χ4n) is 1.77. The third-order valence-corrected chi connectivity index (χ3v) is 2.76. The molecule has 0 fully saturated rings. The highest BCUT2D eigenvalue weighted by Crippen LogP contribution is 2.22. The van der Waals surface area contributed by atoms with Crippen LogP contribution in [0.15, 0.2) is 40.8 Å². The van der Waals surface area contributed by atoms with E-state index in [9.17, 15) is 9.18 Å². The van der Waals surface area contributed by atoms with Crippen molar-refractivity contribution in [2.24, 2.45) is 5.73 Å². The van der Waals surface area contributed by atoms with Crippen molar-refractivity contribution in [3.05, 3.63) is 48.0 Å². The van der Waals surface area contributed by atoms with Crippen molar-refractivity contribution >= 4 is 5.91 Å². The second kappa shape index (κ2) is 7.56. The monoisotopic (exact) mass is 292 g/mol. The molecule has 1 amide bonds. The molecule has 0 saturated heterocycles. The van der Waals surface area contributed by atoms with Gasteiger partial charge < -0.3 is 20.2 Å². The van der Waals surface area contributed by atoms with Gasteiger partial charge in [0.25, 0.3) is 0 Å². The Morgan fingerprint density at radius 1 is 1.24 bits per heavy atom. The van der Waals surface area contributed by atoms with E-state index in [0.717, 1.165) is 11.3 Å². The van der Waals surface area contributed by atoms with E-state index in [1.165, 1.54) is 12.1 Å². The minimum atomic E-state index is -0.482. The van der Waals surface area contributed by atoms with Crippen molar-refractivity contribution in [2.45, 2.75) is 6.54 Å². The molecule has 0 atom stereocenters. The molecule has 3 N–H and O–H groups in total. The van der Waals surface area contributed by atoms with Crippen LogP contribution in [0.25, 0.3) is 11.3 Å². The Kier molecular flexibility index (Phi) is 5.48. The zero-order chi connectivity index (χ0) is 15.1. The number of hydrogen-bond donors (Lipinski definition) is 2. The van der Waals surface area contributed by atoms with Crippen LogP contribution in [0.2, 0.25) is 0 Å². The third kappa shape index (κ3) is 5.02. The maximum atomic E-state index is 12.8. The molecule has 0 aliphatic heterocycles. The number of furan rings is 1. The molecule has 2 aromatic rings. The van der Waals surface area contributed by atoms with E-state index in [0.29, 0.717) is 25.5 Å². The molecule has 6 heteroatoms. The quantitative estimate of drug-likeness (QED) is 0.726. The second-order valence-corrected chi connectivity index (χ2v) is 4.47. The predicted octanol–water partition coefficient (Wildman–Crippen LogP) is 1.68. The highest BCUT2D eigenvalue weighted by molar-refractivity contribution is 5.74. The molecule has 0 saturated carbocycles. The summed E-state index contributed by atoms with van der Waals surface area (Å²) in [5.41, 5.74) is 5.77. The van der Waals surface area contributed by atoms with Crippen LogP contribution in [0.1, 0.15) is 5.76 Å². The number of nitrogens with one attached hydrogen (secondary N) is 1. The molecule has 1 heterocycles. The molecular weight excluding hydrogens is 275 g/mol. The Balaban J connectivity index is 1.76. The molecule has 0 unspecified atom stereocenters. The number of primary amides is 1. The fourth-order valence-corrected chi connectivity index (χ4v) is 1.77. The Morgan fingerprint density at radius 3 is 2.71 bits per heavy atom. The highest BCUT2D eigenvalue weighted by atomic mass is 19.1. The Bertz CT molecular complexity index is 581. The van der Waals surface area contributed by atoms with Gasteiger partial charge >= 0.3 is 0 Å². The number of nitrogens with two attached hydrogens (primary N) is 1. The summed E-state index contributed by atoms with van der Waals surface area (Å²) in [6.07, 6.45) is 0. The number of benzene rings is 1. The van der Waals surface area contributed by atoms with Crippen molar-refractivity contribution in [3.8, 4) is 11.3 Å². The second-order valence-electron chi connectivity index (χ2n) is 4.47. The number of carbonyl (C=O) groups is 1. The highest BCUT2D eigenvalue weighted by Gasteiger charge is 2.04. The zero-order valence-electron chi connectivity index (χ0n) is 11.5. The Morgan fingerprint density at radius 2 is 2.00 bits per heavy atom. The molecule has 21 heavy (non-hydrogen) atoms. The normalized spacial score (nSPS) is 10.7. The van der Waals surface area contributed by atoms with Gasteiger partial charge in [0.05, 0.1) is 13.2 Å². The fraction of sp³-hybridized carbons (Fsp3) is 0.267. The number of halogens is 1. The van der Waals surface area contributed by atoms with Crippen molar-refractivity contribution < 1.29 is 18.3 Å². The molecule has 112 valence electrons. The Hall–Kier alpha value is -2.18. The van der Waals surface area contributed by atoms with Crippen LogP contribution < -0.4 is 11.1 Å². The van der Waals surface area contributed by atoms with Gasteiger partial charge in [-0.1, -0.05) is 0 Å². The van der Waals surface area contributed by atoms with Crippen LogP contribution in [0.3, 0.4) is 0 Å². The molecule has 0 bridgehead atoms. The lowest BCUT2D eigenvalue weighted by Gasteiger charge is -2.03. The van der Waals surface area contributed by atoms with Crippen LogP contribution in [0, 0.1) is 5.82 Å². The largest absolute Gasteiger partial charge is 0.460 e. The van der Waals surface area contributed by atoms with Gasteiger partial charge in [-0.2, -0.15) is 0 Å². The summed E-state index contributed by atoms with van der Waals surface area (Å²) in [5, 5.41) is 3.12. The van der Waals surface area contributed by atoms with Crippen LogP contribution in [-0.2, 0) is 16.1 Å². The van der Waals surface area contributed by atoms with Gasteiger partial charge in [0.15, 0.2) is 0 Å². The third-order valence-electron chi connectivity index (χ3n) is 2.76. The van der Waals surface area contributed by atoms with Crippen molar-refractivity contribution in [1.82, 2.24) is 5.32 Å². The SMILES string of the molecule is NC(=O)COCCNCc1ccc(-c2ccc(F)cc2)o1. The van der Waals surface area contributed by atoms with Crippen LogP contribution in [0.5, 0.6) is 0 Å². The van der Waals surface area contributed by atoms with Gasteiger partial charge in [0.2, 0.25) is 5.91 Å². The summed E-state index contributed by atoms with van der Waals surface area (Å²) < 4.78 is 23.5. The van der Waals surface area contributed by atoms with Gasteiger partial charge in [-0.3, -0.25) is 4.79 Å². The van der Waals surface area contributed by atoms with Gasteiger partial charge in [0, 0.05) is 12.1 Å². The average molecular weight is 292 g/mol. The minimum Gasteiger partial charge on any atom is -0.460 e. The molecule has 0 radical (unpaired) electrons. The topological polar surface area (TPSA) is 77.5 Å². The maximum absolute atomic E-state index is 12.8. The van der Waals surface area contributed by atoms with E-state index in [4.69, 9.17) is 14.9 Å². The average Bonchev–Trinajstić information content (AvgIpc) is 2.92. The van der Waals surface area contributed by atoms with E-state index >= 15 is 0 Å². The molecule has 0 aliphatic carbocycles. The summed E-state index contributed by atoms with van der Waals surface area (Å²) in [6, 6.07) is 9.83. The Labute approximate surface area is 121 Å².